The number of aromatic nitrogens is 1. The SMILES string of the molecule is C/C(=N/NC(=O)c1ccc(COc2ccccc2)o1)c1nc2ccccc2s1. The number of amides is 1. The lowest BCUT2D eigenvalue weighted by atomic mass is 10.3. The fourth-order valence-corrected chi connectivity index (χ4v) is 3.42. The summed E-state index contributed by atoms with van der Waals surface area (Å²) < 4.78 is 12.2. The van der Waals surface area contributed by atoms with Crippen LogP contribution in [0.25, 0.3) is 10.2 Å². The van der Waals surface area contributed by atoms with E-state index in [2.05, 4.69) is 15.5 Å². The lowest BCUT2D eigenvalue weighted by Crippen LogP contribution is -2.18. The van der Waals surface area contributed by atoms with Gasteiger partial charge in [0.15, 0.2) is 5.76 Å². The maximum absolute atomic E-state index is 12.3. The summed E-state index contributed by atoms with van der Waals surface area (Å²) in [6, 6.07) is 20.6. The first kappa shape index (κ1) is 17.9. The summed E-state index contributed by atoms with van der Waals surface area (Å²) >= 11 is 1.53. The average Bonchev–Trinajstić information content (AvgIpc) is 3.38. The molecule has 0 bridgehead atoms. The summed E-state index contributed by atoms with van der Waals surface area (Å²) in [6.07, 6.45) is 0. The zero-order valence-electron chi connectivity index (χ0n) is 15.1. The summed E-state index contributed by atoms with van der Waals surface area (Å²) in [5.41, 5.74) is 4.06. The second-order valence-corrected chi connectivity index (χ2v) is 7.02. The predicted molar refractivity (Wildman–Crippen MR) is 109 cm³/mol. The second-order valence-electron chi connectivity index (χ2n) is 5.99. The van der Waals surface area contributed by atoms with Crippen LogP contribution < -0.4 is 10.2 Å². The number of nitrogens with zero attached hydrogens (tertiary/aromatic N) is 2. The molecular weight excluding hydrogens is 374 g/mol. The van der Waals surface area contributed by atoms with Crippen LogP contribution in [-0.2, 0) is 6.61 Å². The van der Waals surface area contributed by atoms with Crippen LogP contribution in [0.15, 0.2) is 76.2 Å². The van der Waals surface area contributed by atoms with Crippen LogP contribution >= 0.6 is 11.3 Å². The minimum Gasteiger partial charge on any atom is -0.486 e. The van der Waals surface area contributed by atoms with Crippen LogP contribution in [0.2, 0.25) is 0 Å². The maximum Gasteiger partial charge on any atom is 0.307 e. The third-order valence-electron chi connectivity index (χ3n) is 3.94. The van der Waals surface area contributed by atoms with Crippen molar-refractivity contribution < 1.29 is 13.9 Å². The molecule has 28 heavy (non-hydrogen) atoms. The highest BCUT2D eigenvalue weighted by molar-refractivity contribution is 7.20. The van der Waals surface area contributed by atoms with Gasteiger partial charge in [0.05, 0.1) is 15.9 Å². The van der Waals surface area contributed by atoms with Crippen molar-refractivity contribution in [3.8, 4) is 5.75 Å². The first-order valence-corrected chi connectivity index (χ1v) is 9.48. The molecule has 140 valence electrons. The Kier molecular flexibility index (Phi) is 5.16. The van der Waals surface area contributed by atoms with Gasteiger partial charge in [0, 0.05) is 0 Å². The lowest BCUT2D eigenvalue weighted by Gasteiger charge is -2.03. The van der Waals surface area contributed by atoms with E-state index in [1.807, 2.05) is 54.6 Å². The fraction of sp³-hybridized carbons (Fsp3) is 0.0952. The molecule has 0 spiro atoms. The molecule has 4 aromatic rings. The zero-order valence-corrected chi connectivity index (χ0v) is 15.9. The zero-order chi connectivity index (χ0) is 19.3. The Labute approximate surface area is 165 Å². The van der Waals surface area contributed by atoms with Crippen LogP contribution in [-0.4, -0.2) is 16.6 Å². The van der Waals surface area contributed by atoms with Crippen molar-refractivity contribution in [2.45, 2.75) is 13.5 Å². The van der Waals surface area contributed by atoms with Gasteiger partial charge < -0.3 is 9.15 Å². The molecule has 0 saturated heterocycles. The van der Waals surface area contributed by atoms with Crippen molar-refractivity contribution in [2.24, 2.45) is 5.10 Å². The number of ether oxygens (including phenoxy) is 1. The van der Waals surface area contributed by atoms with Gasteiger partial charge in [-0.1, -0.05) is 30.3 Å². The Morgan fingerprint density at radius 2 is 1.89 bits per heavy atom. The normalized spacial score (nSPS) is 11.5. The van der Waals surface area contributed by atoms with E-state index >= 15 is 0 Å². The van der Waals surface area contributed by atoms with Gasteiger partial charge in [-0.25, -0.2) is 10.4 Å². The van der Waals surface area contributed by atoms with Gasteiger partial charge >= 0.3 is 5.91 Å². The number of furan rings is 1. The highest BCUT2D eigenvalue weighted by Gasteiger charge is 2.12. The molecule has 2 aromatic carbocycles. The number of fused-ring (bicyclic) bond motifs is 1. The van der Waals surface area contributed by atoms with E-state index in [4.69, 9.17) is 9.15 Å². The van der Waals surface area contributed by atoms with E-state index in [1.54, 1.807) is 19.1 Å². The minimum absolute atomic E-state index is 0.174. The standard InChI is InChI=1S/C21H17N3O3S/c1-14(21-22-17-9-5-6-10-19(17)28-21)23-24-20(25)18-12-11-16(27-18)13-26-15-7-3-2-4-8-15/h2-12H,13H2,1H3,(H,24,25)/b23-14-. The van der Waals surface area contributed by atoms with E-state index in [-0.39, 0.29) is 12.4 Å². The molecule has 0 fully saturated rings. The molecule has 2 heterocycles. The van der Waals surface area contributed by atoms with Crippen LogP contribution in [0.3, 0.4) is 0 Å². The topological polar surface area (TPSA) is 76.7 Å². The van der Waals surface area contributed by atoms with Crippen molar-refractivity contribution in [2.75, 3.05) is 0 Å². The first-order chi connectivity index (χ1) is 13.7. The summed E-state index contributed by atoms with van der Waals surface area (Å²) in [7, 11) is 0. The molecule has 1 N–H and O–H groups in total. The van der Waals surface area contributed by atoms with Gasteiger partial charge in [-0.15, -0.1) is 11.3 Å². The van der Waals surface area contributed by atoms with Gasteiger partial charge in [0.1, 0.15) is 23.1 Å². The number of hydrazone groups is 1. The van der Waals surface area contributed by atoms with Crippen molar-refractivity contribution in [3.05, 3.63) is 83.3 Å². The molecule has 6 nitrogen and oxygen atoms in total. The molecule has 0 aliphatic heterocycles. The number of carbonyl (C=O) groups excluding carboxylic acids is 1. The van der Waals surface area contributed by atoms with Gasteiger partial charge in [-0.05, 0) is 43.3 Å². The molecule has 0 aliphatic carbocycles. The fourth-order valence-electron chi connectivity index (χ4n) is 2.51. The number of para-hydroxylation sites is 2. The molecule has 0 atom stereocenters. The lowest BCUT2D eigenvalue weighted by molar-refractivity contribution is 0.0923. The van der Waals surface area contributed by atoms with Crippen molar-refractivity contribution in [1.82, 2.24) is 10.4 Å². The van der Waals surface area contributed by atoms with E-state index in [0.717, 1.165) is 21.0 Å². The average molecular weight is 391 g/mol. The summed E-state index contributed by atoms with van der Waals surface area (Å²) in [6.45, 7) is 2.05. The number of carbonyl (C=O) groups is 1. The molecule has 0 saturated carbocycles. The maximum atomic E-state index is 12.3. The summed E-state index contributed by atoms with van der Waals surface area (Å²) in [5, 5.41) is 4.90. The van der Waals surface area contributed by atoms with E-state index in [0.29, 0.717) is 11.5 Å². The van der Waals surface area contributed by atoms with Crippen LogP contribution in [0.5, 0.6) is 5.75 Å². The highest BCUT2D eigenvalue weighted by atomic mass is 32.1. The third-order valence-corrected chi connectivity index (χ3v) is 5.08. The number of benzene rings is 2. The summed E-state index contributed by atoms with van der Waals surface area (Å²) in [5.74, 6) is 1.04. The summed E-state index contributed by atoms with van der Waals surface area (Å²) in [4.78, 5) is 16.8. The molecule has 7 heteroatoms. The third kappa shape index (κ3) is 4.10. The largest absolute Gasteiger partial charge is 0.486 e. The van der Waals surface area contributed by atoms with Crippen LogP contribution in [0.4, 0.5) is 0 Å². The number of hydrogen-bond acceptors (Lipinski definition) is 6. The predicted octanol–water partition coefficient (Wildman–Crippen LogP) is 4.62. The van der Waals surface area contributed by atoms with Gasteiger partial charge in [0.25, 0.3) is 0 Å². The monoisotopic (exact) mass is 391 g/mol. The number of rotatable bonds is 6. The highest BCUT2D eigenvalue weighted by Crippen LogP contribution is 2.22. The van der Waals surface area contributed by atoms with E-state index in [9.17, 15) is 4.79 Å². The second kappa shape index (κ2) is 8.06. The minimum atomic E-state index is -0.425. The first-order valence-electron chi connectivity index (χ1n) is 8.66. The molecule has 0 aliphatic rings. The molecule has 4 rings (SSSR count). The quantitative estimate of drug-likeness (QED) is 0.384. The molecular formula is C21H17N3O3S. The van der Waals surface area contributed by atoms with Crippen molar-refractivity contribution >= 4 is 33.2 Å². The van der Waals surface area contributed by atoms with Crippen LogP contribution in [0.1, 0.15) is 28.2 Å². The van der Waals surface area contributed by atoms with Crippen LogP contribution in [0, 0.1) is 0 Å². The van der Waals surface area contributed by atoms with E-state index < -0.39 is 5.91 Å². The molecule has 2 aromatic heterocycles. The Bertz CT molecular complexity index is 1100. The smallest absolute Gasteiger partial charge is 0.307 e. The van der Waals surface area contributed by atoms with Gasteiger partial charge in [-0.2, -0.15) is 5.10 Å². The molecule has 1 amide bonds. The number of hydrogen-bond donors (Lipinski definition) is 1. The molecule has 0 radical (unpaired) electrons. The van der Waals surface area contributed by atoms with Gasteiger partial charge in [-0.3, -0.25) is 4.79 Å². The Hall–Kier alpha value is -3.45. The Morgan fingerprint density at radius 3 is 2.71 bits per heavy atom. The Balaban J connectivity index is 1.38. The van der Waals surface area contributed by atoms with Crippen molar-refractivity contribution in [1.29, 1.82) is 0 Å². The number of thiazole rings is 1. The molecule has 0 unspecified atom stereocenters. The van der Waals surface area contributed by atoms with Gasteiger partial charge in [0.2, 0.25) is 0 Å². The Morgan fingerprint density at radius 1 is 1.11 bits per heavy atom. The van der Waals surface area contributed by atoms with Crippen molar-refractivity contribution in [3.63, 3.8) is 0 Å². The number of nitrogens with one attached hydrogen (secondary N) is 1. The van der Waals surface area contributed by atoms with E-state index in [1.165, 1.54) is 11.3 Å².